The molecular formula is H7F2Li2O4P. The van der Waals surface area contributed by atoms with Crippen molar-refractivity contribution in [1.29, 1.82) is 0 Å². The van der Waals surface area contributed by atoms with Crippen LogP contribution in [0.2, 0.25) is 0 Å². The Hall–Kier alpha value is 1.16. The van der Waals surface area contributed by atoms with Crippen molar-refractivity contribution in [3.8, 4) is 0 Å². The van der Waals surface area contributed by atoms with E-state index in [0.29, 0.717) is 0 Å². The smallest absolute Gasteiger partial charge is 1.00 e. The maximum atomic E-state index is 8.88. The van der Waals surface area contributed by atoms with Crippen molar-refractivity contribution in [3.63, 3.8) is 0 Å². The standard InChI is InChI=1S/2FH.2Li.H3O4P.2H/c;;;;1-5(2,3)4;;/h2*1H;;;(H3,1,2,3,4);;/q;;2*+1;;2*-1. The topological polar surface area (TPSA) is 77.8 Å². The predicted molar refractivity (Wildman–Crippen MR) is 21.5 cm³/mol. The van der Waals surface area contributed by atoms with Crippen molar-refractivity contribution in [1.82, 2.24) is 0 Å². The van der Waals surface area contributed by atoms with Gasteiger partial charge in [0.15, 0.2) is 0 Å². The summed E-state index contributed by atoms with van der Waals surface area (Å²) in [4.78, 5) is 21.6. The molecule has 52 valence electrons. The van der Waals surface area contributed by atoms with E-state index in [9.17, 15) is 0 Å². The van der Waals surface area contributed by atoms with Crippen LogP contribution in [-0.4, -0.2) is 14.7 Å². The third kappa shape index (κ3) is 347. The van der Waals surface area contributed by atoms with Crippen LogP contribution in [0, 0.1) is 0 Å². The predicted octanol–water partition coefficient (Wildman–Crippen LogP) is -6.39. The zero-order chi connectivity index (χ0) is 4.50. The summed E-state index contributed by atoms with van der Waals surface area (Å²) in [5.74, 6) is 0. The van der Waals surface area contributed by atoms with Crippen LogP contribution in [0.15, 0.2) is 0 Å². The molecule has 0 amide bonds. The summed E-state index contributed by atoms with van der Waals surface area (Å²) in [6.45, 7) is 0. The molecule has 0 radical (unpaired) electrons. The fraction of sp³-hybridized carbons (Fsp3) is 0. The largest absolute Gasteiger partial charge is 1.00 e. The van der Waals surface area contributed by atoms with E-state index < -0.39 is 7.82 Å². The van der Waals surface area contributed by atoms with E-state index in [2.05, 4.69) is 0 Å². The first-order valence-corrected chi connectivity index (χ1v) is 2.35. The molecule has 4 nitrogen and oxygen atoms in total. The zero-order valence-corrected chi connectivity index (χ0v) is 5.91. The van der Waals surface area contributed by atoms with Gasteiger partial charge < -0.3 is 17.5 Å². The first-order valence-electron chi connectivity index (χ1n) is 0.783. The summed E-state index contributed by atoms with van der Waals surface area (Å²) in [7, 11) is -4.64. The number of hydrogen-bond donors (Lipinski definition) is 3. The van der Waals surface area contributed by atoms with Crippen molar-refractivity contribution < 1.29 is 69.2 Å². The van der Waals surface area contributed by atoms with Gasteiger partial charge in [0, 0.05) is 0 Å². The van der Waals surface area contributed by atoms with Gasteiger partial charge in [0.25, 0.3) is 0 Å². The molecule has 0 aliphatic rings. The fourth-order valence-corrected chi connectivity index (χ4v) is 0. The van der Waals surface area contributed by atoms with Gasteiger partial charge in [0.05, 0.1) is 0 Å². The van der Waals surface area contributed by atoms with Crippen LogP contribution in [0.25, 0.3) is 0 Å². The molecule has 9 heteroatoms. The number of halogens is 2. The molecule has 0 atom stereocenters. The van der Waals surface area contributed by atoms with E-state index >= 15 is 0 Å². The molecular weight excluding hydrogens is 147 g/mol. The average Bonchev–Trinajstić information content (AvgIpc) is 0.722. The Labute approximate surface area is 77.3 Å². The normalized spacial score (nSPS) is 6.56. The van der Waals surface area contributed by atoms with E-state index in [0.717, 1.165) is 0 Å². The molecule has 0 saturated carbocycles. The van der Waals surface area contributed by atoms with Crippen molar-refractivity contribution in [2.24, 2.45) is 0 Å². The van der Waals surface area contributed by atoms with Gasteiger partial charge >= 0.3 is 45.5 Å². The third-order valence-corrected chi connectivity index (χ3v) is 0. The Bertz CT molecular complexity index is 70.2. The quantitative estimate of drug-likeness (QED) is 0.239. The minimum absolute atomic E-state index is 0. The van der Waals surface area contributed by atoms with Gasteiger partial charge in [-0.3, -0.25) is 9.41 Å². The van der Waals surface area contributed by atoms with Gasteiger partial charge in [0.1, 0.15) is 0 Å². The van der Waals surface area contributed by atoms with Crippen LogP contribution in [0.3, 0.4) is 0 Å². The summed E-state index contributed by atoms with van der Waals surface area (Å²) in [5, 5.41) is 0. The number of phosphoric acid groups is 1. The third-order valence-electron chi connectivity index (χ3n) is 0. The molecule has 0 aromatic carbocycles. The van der Waals surface area contributed by atoms with Crippen molar-refractivity contribution in [2.75, 3.05) is 0 Å². The molecule has 0 rings (SSSR count). The van der Waals surface area contributed by atoms with Crippen LogP contribution < -0.4 is 37.7 Å². The Morgan fingerprint density at radius 2 is 1.00 bits per heavy atom. The van der Waals surface area contributed by atoms with E-state index in [4.69, 9.17) is 19.2 Å². The van der Waals surface area contributed by atoms with Crippen LogP contribution >= 0.6 is 7.82 Å². The van der Waals surface area contributed by atoms with Crippen LogP contribution in [0.5, 0.6) is 0 Å². The molecule has 9 heavy (non-hydrogen) atoms. The summed E-state index contributed by atoms with van der Waals surface area (Å²) < 4.78 is 8.88. The minimum Gasteiger partial charge on any atom is -1.00 e. The van der Waals surface area contributed by atoms with Gasteiger partial charge in [-0.15, -0.1) is 0 Å². The van der Waals surface area contributed by atoms with E-state index in [1.807, 2.05) is 0 Å². The van der Waals surface area contributed by atoms with Crippen LogP contribution in [0.1, 0.15) is 2.85 Å². The van der Waals surface area contributed by atoms with Gasteiger partial charge in [0.2, 0.25) is 0 Å². The Morgan fingerprint density at radius 3 is 1.00 bits per heavy atom. The summed E-state index contributed by atoms with van der Waals surface area (Å²) in [5.41, 5.74) is 0. The van der Waals surface area contributed by atoms with E-state index in [-0.39, 0.29) is 50.0 Å². The van der Waals surface area contributed by atoms with Crippen LogP contribution in [0.4, 0.5) is 9.41 Å². The zero-order valence-electron chi connectivity index (χ0n) is 7.01. The average molecular weight is 154 g/mol. The molecule has 0 aromatic heterocycles. The summed E-state index contributed by atoms with van der Waals surface area (Å²) in [6, 6.07) is 0. The van der Waals surface area contributed by atoms with E-state index in [1.165, 1.54) is 0 Å². The second kappa shape index (κ2) is 11.9. The Balaban J connectivity index is -0.00000000533. The van der Waals surface area contributed by atoms with Gasteiger partial charge in [-0.05, 0) is 0 Å². The fourth-order valence-electron chi connectivity index (χ4n) is 0. The molecule has 0 fully saturated rings. The Morgan fingerprint density at radius 1 is 1.00 bits per heavy atom. The molecule has 0 aromatic rings. The van der Waals surface area contributed by atoms with Crippen molar-refractivity contribution in [2.45, 2.75) is 0 Å². The number of hydrogen-bond acceptors (Lipinski definition) is 1. The van der Waals surface area contributed by atoms with Gasteiger partial charge in [-0.1, -0.05) is 0 Å². The Kier molecular flexibility index (Phi) is 42.3. The van der Waals surface area contributed by atoms with Crippen molar-refractivity contribution >= 4 is 7.82 Å². The van der Waals surface area contributed by atoms with Crippen molar-refractivity contribution in [3.05, 3.63) is 0 Å². The molecule has 0 heterocycles. The summed E-state index contributed by atoms with van der Waals surface area (Å²) >= 11 is 0. The first kappa shape index (κ1) is 32.0. The molecule has 0 saturated heterocycles. The van der Waals surface area contributed by atoms with Crippen LogP contribution in [-0.2, 0) is 4.57 Å². The minimum atomic E-state index is -4.64. The molecule has 0 bridgehead atoms. The van der Waals surface area contributed by atoms with E-state index in [1.54, 1.807) is 0 Å². The second-order valence-corrected chi connectivity index (χ2v) is 1.54. The molecule has 0 unspecified atom stereocenters. The summed E-state index contributed by atoms with van der Waals surface area (Å²) in [6.07, 6.45) is 0. The molecule has 0 aliphatic carbocycles. The monoisotopic (exact) mass is 154 g/mol. The molecule has 3 N–H and O–H groups in total. The maximum absolute atomic E-state index is 8.88. The SMILES string of the molecule is F.F.O=P(O)(O)O.[H-].[H-].[Li+].[Li+]. The van der Waals surface area contributed by atoms with Gasteiger partial charge in [-0.25, -0.2) is 4.57 Å². The number of rotatable bonds is 0. The molecule has 0 spiro atoms. The molecule has 0 aliphatic heterocycles. The second-order valence-electron chi connectivity index (χ2n) is 0.513. The maximum Gasteiger partial charge on any atom is 1.00 e. The first-order chi connectivity index (χ1) is 2.00. The van der Waals surface area contributed by atoms with Gasteiger partial charge in [-0.2, -0.15) is 0 Å².